The van der Waals surface area contributed by atoms with E-state index in [1.165, 1.54) is 0 Å². The fourth-order valence-electron chi connectivity index (χ4n) is 1.63. The topological polar surface area (TPSA) is 47.0 Å². The van der Waals surface area contributed by atoms with Crippen LogP contribution in [0.1, 0.15) is 25.0 Å². The van der Waals surface area contributed by atoms with Gasteiger partial charge in [0.2, 0.25) is 0 Å². The maximum Gasteiger partial charge on any atom is 0.321 e. The lowest BCUT2D eigenvalue weighted by atomic mass is 10.2. The fourth-order valence-corrected chi connectivity index (χ4v) is 2.11. The van der Waals surface area contributed by atoms with E-state index in [-0.39, 0.29) is 0 Å². The van der Waals surface area contributed by atoms with Gasteiger partial charge in [-0.2, -0.15) is 0 Å². The van der Waals surface area contributed by atoms with Gasteiger partial charge in [0.15, 0.2) is 0 Å². The highest BCUT2D eigenvalue weighted by molar-refractivity contribution is 9.10. The number of benzene rings is 1. The van der Waals surface area contributed by atoms with E-state index in [4.69, 9.17) is 4.74 Å². The van der Waals surface area contributed by atoms with Gasteiger partial charge in [0.1, 0.15) is 5.75 Å². The van der Waals surface area contributed by atoms with Gasteiger partial charge in [-0.1, -0.05) is 29.8 Å². The molecule has 5 heteroatoms. The van der Waals surface area contributed by atoms with Gasteiger partial charge in [-0.05, 0) is 30.7 Å². The highest BCUT2D eigenvalue weighted by Crippen LogP contribution is 2.25. The summed E-state index contributed by atoms with van der Waals surface area (Å²) in [6.45, 7) is 6.96. The molecule has 0 atom stereocenters. The maximum absolute atomic E-state index is 5.68. The Morgan fingerprint density at radius 2 is 1.95 bits per heavy atom. The van der Waals surface area contributed by atoms with Gasteiger partial charge >= 0.3 is 6.01 Å². The van der Waals surface area contributed by atoms with Gasteiger partial charge in [0.25, 0.3) is 0 Å². The van der Waals surface area contributed by atoms with E-state index in [0.29, 0.717) is 12.1 Å². The molecule has 4 nitrogen and oxygen atoms in total. The van der Waals surface area contributed by atoms with Crippen molar-refractivity contribution in [2.24, 2.45) is 0 Å². The van der Waals surface area contributed by atoms with Crippen molar-refractivity contribution in [3.8, 4) is 11.8 Å². The van der Waals surface area contributed by atoms with Crippen LogP contribution in [-0.4, -0.2) is 16.0 Å². The number of hydrogen-bond donors (Lipinski definition) is 1. The number of hydrogen-bond acceptors (Lipinski definition) is 4. The number of nitrogens with zero attached hydrogens (tertiary/aromatic N) is 2. The molecule has 1 aromatic carbocycles. The summed E-state index contributed by atoms with van der Waals surface area (Å²) in [4.78, 5) is 8.46. The molecular formula is C15H18BrN3O. The van der Waals surface area contributed by atoms with E-state index in [2.05, 4.69) is 45.1 Å². The number of ether oxygens (including phenoxy) is 1. The lowest BCUT2D eigenvalue weighted by Crippen LogP contribution is -2.21. The summed E-state index contributed by atoms with van der Waals surface area (Å²) in [7, 11) is 0. The van der Waals surface area contributed by atoms with Gasteiger partial charge in [-0.3, -0.25) is 0 Å². The zero-order valence-corrected chi connectivity index (χ0v) is 13.4. The average Bonchev–Trinajstić information content (AvgIpc) is 2.41. The summed E-state index contributed by atoms with van der Waals surface area (Å²) in [5.74, 6) is 0.765. The quantitative estimate of drug-likeness (QED) is 0.901. The summed E-state index contributed by atoms with van der Waals surface area (Å²) in [6, 6.07) is 6.64. The van der Waals surface area contributed by atoms with Crippen LogP contribution in [0.15, 0.2) is 35.1 Å². The van der Waals surface area contributed by atoms with Crippen LogP contribution >= 0.6 is 15.9 Å². The Labute approximate surface area is 127 Å². The first-order valence-electron chi connectivity index (χ1n) is 6.53. The molecule has 0 aliphatic heterocycles. The van der Waals surface area contributed by atoms with Crippen molar-refractivity contribution in [1.29, 1.82) is 0 Å². The van der Waals surface area contributed by atoms with Gasteiger partial charge in [-0.25, -0.2) is 9.97 Å². The number of aromatic nitrogens is 2. The minimum Gasteiger partial charge on any atom is -0.424 e. The van der Waals surface area contributed by atoms with Crippen LogP contribution in [0.2, 0.25) is 0 Å². The molecule has 1 N–H and O–H groups in total. The van der Waals surface area contributed by atoms with Crippen LogP contribution in [0.5, 0.6) is 11.8 Å². The lowest BCUT2D eigenvalue weighted by molar-refractivity contribution is 0.437. The Bertz CT molecular complexity index is 570. The first kappa shape index (κ1) is 14.9. The molecule has 1 aromatic heterocycles. The zero-order valence-electron chi connectivity index (χ0n) is 11.9. The van der Waals surface area contributed by atoms with Crippen LogP contribution < -0.4 is 10.1 Å². The smallest absolute Gasteiger partial charge is 0.321 e. The van der Waals surface area contributed by atoms with Crippen molar-refractivity contribution < 1.29 is 4.74 Å². The third kappa shape index (κ3) is 4.28. The van der Waals surface area contributed by atoms with Gasteiger partial charge in [-0.15, -0.1) is 0 Å². The number of aryl methyl sites for hydroxylation is 1. The maximum atomic E-state index is 5.68. The second-order valence-electron chi connectivity index (χ2n) is 4.92. The molecule has 2 rings (SSSR count). The Kier molecular flexibility index (Phi) is 5.09. The predicted octanol–water partition coefficient (Wildman–Crippen LogP) is 3.84. The van der Waals surface area contributed by atoms with Gasteiger partial charge in [0.05, 0.1) is 0 Å². The van der Waals surface area contributed by atoms with Crippen molar-refractivity contribution in [1.82, 2.24) is 15.3 Å². The molecule has 0 radical (unpaired) electrons. The van der Waals surface area contributed by atoms with Gasteiger partial charge in [0, 0.05) is 35.0 Å². The normalized spacial score (nSPS) is 10.8. The van der Waals surface area contributed by atoms with E-state index in [1.54, 1.807) is 12.4 Å². The Morgan fingerprint density at radius 1 is 1.25 bits per heavy atom. The van der Waals surface area contributed by atoms with Crippen LogP contribution in [0.25, 0.3) is 0 Å². The summed E-state index contributed by atoms with van der Waals surface area (Å²) >= 11 is 3.43. The largest absolute Gasteiger partial charge is 0.424 e. The first-order valence-corrected chi connectivity index (χ1v) is 7.32. The van der Waals surface area contributed by atoms with E-state index in [0.717, 1.165) is 27.9 Å². The van der Waals surface area contributed by atoms with E-state index < -0.39 is 0 Å². The second-order valence-corrected chi connectivity index (χ2v) is 5.84. The third-order valence-corrected chi connectivity index (χ3v) is 3.23. The summed E-state index contributed by atoms with van der Waals surface area (Å²) < 4.78 is 6.71. The predicted molar refractivity (Wildman–Crippen MR) is 83.0 cm³/mol. The van der Waals surface area contributed by atoms with Crippen molar-refractivity contribution >= 4 is 15.9 Å². The zero-order chi connectivity index (χ0) is 14.5. The standard InChI is InChI=1S/C15H18BrN3O/c1-10(2)17-7-12-8-18-15(19-9-12)20-14-5-4-13(16)6-11(14)3/h4-6,8-10,17H,7H2,1-3H3. The number of halogens is 1. The molecular weight excluding hydrogens is 318 g/mol. The van der Waals surface area contributed by atoms with Crippen LogP contribution in [0, 0.1) is 6.92 Å². The van der Waals surface area contributed by atoms with Crippen LogP contribution in [0.3, 0.4) is 0 Å². The van der Waals surface area contributed by atoms with Gasteiger partial charge < -0.3 is 10.1 Å². The molecule has 0 aliphatic carbocycles. The van der Waals surface area contributed by atoms with Crippen molar-refractivity contribution in [2.75, 3.05) is 0 Å². The molecule has 0 bridgehead atoms. The monoisotopic (exact) mass is 335 g/mol. The van der Waals surface area contributed by atoms with Crippen molar-refractivity contribution in [2.45, 2.75) is 33.4 Å². The Morgan fingerprint density at radius 3 is 2.55 bits per heavy atom. The van der Waals surface area contributed by atoms with Crippen molar-refractivity contribution in [3.05, 3.63) is 46.2 Å². The molecule has 2 aromatic rings. The van der Waals surface area contributed by atoms with E-state index >= 15 is 0 Å². The molecule has 0 saturated carbocycles. The third-order valence-electron chi connectivity index (χ3n) is 2.73. The molecule has 0 fully saturated rings. The number of nitrogens with one attached hydrogen (secondary N) is 1. The summed E-state index contributed by atoms with van der Waals surface area (Å²) in [5, 5.41) is 3.32. The highest BCUT2D eigenvalue weighted by Gasteiger charge is 2.05. The molecule has 0 saturated heterocycles. The first-order chi connectivity index (χ1) is 9.54. The molecule has 0 amide bonds. The molecule has 0 unspecified atom stereocenters. The van der Waals surface area contributed by atoms with E-state index in [9.17, 15) is 0 Å². The summed E-state index contributed by atoms with van der Waals surface area (Å²) in [5.41, 5.74) is 2.08. The fraction of sp³-hybridized carbons (Fsp3) is 0.333. The minimum atomic E-state index is 0.365. The van der Waals surface area contributed by atoms with E-state index in [1.807, 2.05) is 25.1 Å². The van der Waals surface area contributed by atoms with Crippen LogP contribution in [-0.2, 0) is 6.54 Å². The molecule has 106 valence electrons. The Hall–Kier alpha value is -1.46. The summed E-state index contributed by atoms with van der Waals surface area (Å²) in [6.07, 6.45) is 3.57. The lowest BCUT2D eigenvalue weighted by Gasteiger charge is -2.09. The SMILES string of the molecule is Cc1cc(Br)ccc1Oc1ncc(CNC(C)C)cn1. The molecule has 0 aliphatic rings. The van der Waals surface area contributed by atoms with Crippen LogP contribution in [0.4, 0.5) is 0 Å². The number of rotatable bonds is 5. The average molecular weight is 336 g/mol. The second kappa shape index (κ2) is 6.81. The molecule has 1 heterocycles. The minimum absolute atomic E-state index is 0.365. The molecule has 20 heavy (non-hydrogen) atoms. The molecule has 0 spiro atoms. The van der Waals surface area contributed by atoms with Crippen molar-refractivity contribution in [3.63, 3.8) is 0 Å². The Balaban J connectivity index is 2.03. The highest BCUT2D eigenvalue weighted by atomic mass is 79.9.